The van der Waals surface area contributed by atoms with Crippen LogP contribution in [0.3, 0.4) is 0 Å². The highest BCUT2D eigenvalue weighted by Crippen LogP contribution is 2.06. The van der Waals surface area contributed by atoms with Gasteiger partial charge in [0.05, 0.1) is 6.26 Å². The molecule has 0 bridgehead atoms. The summed E-state index contributed by atoms with van der Waals surface area (Å²) < 4.78 is 5.18. The Labute approximate surface area is 72.4 Å². The van der Waals surface area contributed by atoms with Crippen molar-refractivity contribution in [3.63, 3.8) is 0 Å². The Balaban J connectivity index is 2.04. The summed E-state index contributed by atoms with van der Waals surface area (Å²) in [4.78, 5) is 0. The summed E-state index contributed by atoms with van der Waals surface area (Å²) in [6.07, 6.45) is 6.26. The Bertz CT molecular complexity index is 170. The first kappa shape index (κ1) is 8.66. The minimum atomic E-state index is 0.776. The van der Waals surface area contributed by atoms with Crippen molar-refractivity contribution in [1.82, 2.24) is 0 Å². The number of unbranched alkanes of at least 4 members (excludes halogenated alkanes) is 2. The molecule has 0 atom stereocenters. The van der Waals surface area contributed by atoms with Crippen LogP contribution < -0.4 is 0 Å². The largest absolute Gasteiger partial charge is 0.469 e. The maximum atomic E-state index is 5.54. The molecule has 62 valence electrons. The molecule has 0 fully saturated rings. The minimum absolute atomic E-state index is 0.776. The maximum absolute atomic E-state index is 5.54. The fourth-order valence-corrected chi connectivity index (χ4v) is 1.21. The van der Waals surface area contributed by atoms with E-state index < -0.39 is 0 Å². The van der Waals surface area contributed by atoms with Crippen molar-refractivity contribution in [1.29, 1.82) is 0 Å². The molecule has 0 aromatic carbocycles. The first-order valence-electron chi connectivity index (χ1n) is 4.02. The zero-order valence-corrected chi connectivity index (χ0v) is 7.31. The molecule has 0 N–H and O–H groups in total. The van der Waals surface area contributed by atoms with Gasteiger partial charge in [-0.15, -0.1) is 11.6 Å². The Morgan fingerprint density at radius 3 is 2.82 bits per heavy atom. The normalized spacial score (nSPS) is 10.3. The van der Waals surface area contributed by atoms with Crippen molar-refractivity contribution in [2.75, 3.05) is 5.88 Å². The van der Waals surface area contributed by atoms with Crippen LogP contribution in [0.5, 0.6) is 0 Å². The molecule has 0 aliphatic heterocycles. The van der Waals surface area contributed by atoms with Gasteiger partial charge in [0.2, 0.25) is 0 Å². The van der Waals surface area contributed by atoms with Gasteiger partial charge < -0.3 is 4.42 Å². The van der Waals surface area contributed by atoms with Crippen LogP contribution in [-0.2, 0) is 6.42 Å². The number of hydrogen-bond donors (Lipinski definition) is 0. The molecule has 0 saturated carbocycles. The Kier molecular flexibility index (Phi) is 4.14. The average molecular weight is 173 g/mol. The number of rotatable bonds is 5. The van der Waals surface area contributed by atoms with Gasteiger partial charge in [-0.05, 0) is 25.0 Å². The minimum Gasteiger partial charge on any atom is -0.469 e. The van der Waals surface area contributed by atoms with Crippen LogP contribution in [0.4, 0.5) is 0 Å². The van der Waals surface area contributed by atoms with Gasteiger partial charge in [0.15, 0.2) is 0 Å². The van der Waals surface area contributed by atoms with E-state index in [1.165, 1.54) is 12.8 Å². The fourth-order valence-electron chi connectivity index (χ4n) is 1.03. The lowest BCUT2D eigenvalue weighted by Gasteiger charge is -1.94. The number of halogens is 1. The second-order valence-corrected chi connectivity index (χ2v) is 2.96. The molecule has 0 radical (unpaired) electrons. The number of hydrogen-bond acceptors (Lipinski definition) is 1. The third kappa shape index (κ3) is 3.47. The Morgan fingerprint density at radius 2 is 2.18 bits per heavy atom. The van der Waals surface area contributed by atoms with E-state index in [-0.39, 0.29) is 0 Å². The molecule has 0 amide bonds. The fraction of sp³-hybridized carbons (Fsp3) is 0.556. The molecule has 0 saturated heterocycles. The molecule has 11 heavy (non-hydrogen) atoms. The predicted octanol–water partition coefficient (Wildman–Crippen LogP) is 3.23. The smallest absolute Gasteiger partial charge is 0.103 e. The standard InChI is InChI=1S/C9H13ClO/c10-7-3-1-2-5-9-6-4-8-11-9/h4,6,8H,1-3,5,7H2. The highest BCUT2D eigenvalue weighted by Gasteiger charge is 1.94. The van der Waals surface area contributed by atoms with E-state index in [1.807, 2.05) is 12.1 Å². The van der Waals surface area contributed by atoms with Crippen LogP contribution in [0, 0.1) is 0 Å². The third-order valence-electron chi connectivity index (χ3n) is 1.64. The van der Waals surface area contributed by atoms with Crippen LogP contribution in [0.15, 0.2) is 22.8 Å². The van der Waals surface area contributed by atoms with E-state index in [0.717, 1.165) is 24.5 Å². The lowest BCUT2D eigenvalue weighted by atomic mass is 10.2. The Morgan fingerprint density at radius 1 is 1.27 bits per heavy atom. The van der Waals surface area contributed by atoms with E-state index >= 15 is 0 Å². The van der Waals surface area contributed by atoms with E-state index in [1.54, 1.807) is 6.26 Å². The number of alkyl halides is 1. The highest BCUT2D eigenvalue weighted by molar-refractivity contribution is 6.17. The molecule has 0 aliphatic rings. The monoisotopic (exact) mass is 172 g/mol. The summed E-state index contributed by atoms with van der Waals surface area (Å²) in [6, 6.07) is 3.94. The summed E-state index contributed by atoms with van der Waals surface area (Å²) in [5.74, 6) is 1.86. The van der Waals surface area contributed by atoms with Crippen molar-refractivity contribution >= 4 is 11.6 Å². The lowest BCUT2D eigenvalue weighted by molar-refractivity contribution is 0.497. The molecule has 1 heterocycles. The van der Waals surface area contributed by atoms with Gasteiger partial charge in [-0.3, -0.25) is 0 Å². The van der Waals surface area contributed by atoms with Gasteiger partial charge >= 0.3 is 0 Å². The topological polar surface area (TPSA) is 13.1 Å². The lowest BCUT2D eigenvalue weighted by Crippen LogP contribution is -1.83. The van der Waals surface area contributed by atoms with E-state index in [0.29, 0.717) is 0 Å². The van der Waals surface area contributed by atoms with Crippen molar-refractivity contribution < 1.29 is 4.42 Å². The molecule has 1 aromatic rings. The molecule has 1 aromatic heterocycles. The zero-order valence-electron chi connectivity index (χ0n) is 6.55. The number of furan rings is 1. The van der Waals surface area contributed by atoms with Gasteiger partial charge in [-0.25, -0.2) is 0 Å². The van der Waals surface area contributed by atoms with Gasteiger partial charge in [0.25, 0.3) is 0 Å². The van der Waals surface area contributed by atoms with E-state index in [2.05, 4.69) is 0 Å². The van der Waals surface area contributed by atoms with Crippen molar-refractivity contribution in [3.8, 4) is 0 Å². The second-order valence-electron chi connectivity index (χ2n) is 2.58. The molecule has 0 unspecified atom stereocenters. The van der Waals surface area contributed by atoms with Gasteiger partial charge in [0.1, 0.15) is 5.76 Å². The van der Waals surface area contributed by atoms with E-state index in [9.17, 15) is 0 Å². The summed E-state index contributed by atoms with van der Waals surface area (Å²) in [5, 5.41) is 0. The van der Waals surface area contributed by atoms with Gasteiger partial charge in [0, 0.05) is 12.3 Å². The SMILES string of the molecule is ClCCCCCc1ccco1. The molecule has 1 nitrogen and oxygen atoms in total. The number of aryl methyl sites for hydroxylation is 1. The summed E-state index contributed by atoms with van der Waals surface area (Å²) in [6.45, 7) is 0. The molecule has 2 heteroatoms. The van der Waals surface area contributed by atoms with Crippen molar-refractivity contribution in [3.05, 3.63) is 24.2 Å². The van der Waals surface area contributed by atoms with E-state index in [4.69, 9.17) is 16.0 Å². The van der Waals surface area contributed by atoms with Crippen LogP contribution >= 0.6 is 11.6 Å². The summed E-state index contributed by atoms with van der Waals surface area (Å²) in [7, 11) is 0. The first-order chi connectivity index (χ1) is 5.43. The van der Waals surface area contributed by atoms with Gasteiger partial charge in [-0.2, -0.15) is 0 Å². The first-order valence-corrected chi connectivity index (χ1v) is 4.55. The average Bonchev–Trinajstić information content (AvgIpc) is 2.50. The second kappa shape index (κ2) is 5.25. The quantitative estimate of drug-likeness (QED) is 0.491. The van der Waals surface area contributed by atoms with Crippen LogP contribution in [0.2, 0.25) is 0 Å². The molecular weight excluding hydrogens is 160 g/mol. The van der Waals surface area contributed by atoms with Crippen LogP contribution in [0.25, 0.3) is 0 Å². The molecule has 0 aliphatic carbocycles. The molecule has 0 spiro atoms. The van der Waals surface area contributed by atoms with Crippen LogP contribution in [0.1, 0.15) is 25.0 Å². The van der Waals surface area contributed by atoms with Crippen molar-refractivity contribution in [2.45, 2.75) is 25.7 Å². The third-order valence-corrected chi connectivity index (χ3v) is 1.90. The maximum Gasteiger partial charge on any atom is 0.103 e. The van der Waals surface area contributed by atoms with Crippen LogP contribution in [-0.4, -0.2) is 5.88 Å². The molecule has 1 rings (SSSR count). The van der Waals surface area contributed by atoms with Gasteiger partial charge in [-0.1, -0.05) is 6.42 Å². The van der Waals surface area contributed by atoms with Crippen molar-refractivity contribution in [2.24, 2.45) is 0 Å². The Hall–Kier alpha value is -0.430. The summed E-state index contributed by atoms with van der Waals surface area (Å²) >= 11 is 5.54. The zero-order chi connectivity index (χ0) is 7.94. The highest BCUT2D eigenvalue weighted by atomic mass is 35.5. The molecular formula is C9H13ClO. The summed E-state index contributed by atoms with van der Waals surface area (Å²) in [5.41, 5.74) is 0. The predicted molar refractivity (Wildman–Crippen MR) is 47.0 cm³/mol.